The van der Waals surface area contributed by atoms with Crippen LogP contribution in [0.25, 0.3) is 15.3 Å². The van der Waals surface area contributed by atoms with Crippen LogP contribution in [0.15, 0.2) is 48.5 Å². The first-order chi connectivity index (χ1) is 9.86. The third-order valence-corrected chi connectivity index (χ3v) is 4.88. The summed E-state index contributed by atoms with van der Waals surface area (Å²) in [6.07, 6.45) is 0. The quantitative estimate of drug-likeness (QED) is 0.734. The summed E-state index contributed by atoms with van der Waals surface area (Å²) in [4.78, 5) is 0. The van der Waals surface area contributed by atoms with Crippen LogP contribution in [0, 0.1) is 0 Å². The van der Waals surface area contributed by atoms with Gasteiger partial charge < -0.3 is 12.5 Å². The van der Waals surface area contributed by atoms with Crippen molar-refractivity contribution in [1.29, 1.82) is 0 Å². The van der Waals surface area contributed by atoms with Crippen molar-refractivity contribution in [3.05, 3.63) is 52.7 Å². The number of nitrogens with zero attached hydrogens (tertiary/aromatic N) is 1. The van der Waals surface area contributed by atoms with Crippen LogP contribution < -0.4 is 8.37 Å². The number of fused-ring (bicyclic) bond motifs is 3. The highest BCUT2D eigenvalue weighted by Crippen LogP contribution is 2.39. The maximum absolute atomic E-state index is 11.7. The molecule has 110 valence electrons. The Labute approximate surface area is 121 Å². The molecule has 9 heteroatoms. The fourth-order valence-corrected chi connectivity index (χ4v) is 3.78. The largest absolute Gasteiger partial charge is 0.394 e. The summed E-state index contributed by atoms with van der Waals surface area (Å²) in [5, 5.41) is 0. The predicted molar refractivity (Wildman–Crippen MR) is 74.3 cm³/mol. The molecule has 0 aliphatic carbocycles. The zero-order valence-electron chi connectivity index (χ0n) is 10.3. The van der Waals surface area contributed by atoms with Crippen LogP contribution in [-0.2, 0) is 20.6 Å². The normalized spacial score (nSPS) is 18.7. The number of rotatable bonds is 0. The van der Waals surface area contributed by atoms with Crippen molar-refractivity contribution in [2.45, 2.75) is 0 Å². The molecular formula is C12H8NO6S2-. The fourth-order valence-electron chi connectivity index (χ4n) is 1.89. The molecule has 0 fully saturated rings. The van der Waals surface area contributed by atoms with E-state index in [-0.39, 0.29) is 11.5 Å². The van der Waals surface area contributed by atoms with Crippen LogP contribution in [0.4, 0.5) is 0 Å². The van der Waals surface area contributed by atoms with Crippen molar-refractivity contribution in [2.75, 3.05) is 0 Å². The molecule has 1 heterocycles. The zero-order valence-corrected chi connectivity index (χ0v) is 12.0. The smallest absolute Gasteiger partial charge is 0.247 e. The highest BCUT2D eigenvalue weighted by molar-refractivity contribution is 8.08. The Balaban J connectivity index is 2.32. The molecule has 2 aromatic carbocycles. The van der Waals surface area contributed by atoms with E-state index in [9.17, 15) is 16.8 Å². The van der Waals surface area contributed by atoms with Crippen LogP contribution in [0.5, 0.6) is 11.5 Å². The van der Waals surface area contributed by atoms with E-state index in [0.29, 0.717) is 11.1 Å². The van der Waals surface area contributed by atoms with Crippen molar-refractivity contribution in [1.82, 2.24) is 0 Å². The summed E-state index contributed by atoms with van der Waals surface area (Å²) < 4.78 is 58.8. The van der Waals surface area contributed by atoms with Gasteiger partial charge in [-0.2, -0.15) is 0 Å². The molecule has 1 aliphatic rings. The monoisotopic (exact) mass is 326 g/mol. The van der Waals surface area contributed by atoms with Crippen molar-refractivity contribution in [2.24, 2.45) is 0 Å². The van der Waals surface area contributed by atoms with Gasteiger partial charge in [-0.05, 0) is 12.1 Å². The van der Waals surface area contributed by atoms with E-state index >= 15 is 0 Å². The first-order valence-corrected chi connectivity index (χ1v) is 8.41. The summed E-state index contributed by atoms with van der Waals surface area (Å²) in [5.41, 5.74) is 0.757. The predicted octanol–water partition coefficient (Wildman–Crippen LogP) is 1.99. The molecule has 7 nitrogen and oxygen atoms in total. The molecule has 2 aromatic rings. The fraction of sp³-hybridized carbons (Fsp3) is 0. The third kappa shape index (κ3) is 2.84. The molecular weight excluding hydrogens is 318 g/mol. The van der Waals surface area contributed by atoms with Crippen LogP contribution >= 0.6 is 0 Å². The van der Waals surface area contributed by atoms with Crippen molar-refractivity contribution < 1.29 is 25.2 Å². The minimum absolute atomic E-state index is 0.0330. The van der Waals surface area contributed by atoms with Crippen molar-refractivity contribution >= 4 is 20.6 Å². The van der Waals surface area contributed by atoms with E-state index in [1.165, 1.54) is 12.1 Å². The van der Waals surface area contributed by atoms with Crippen LogP contribution in [-0.4, -0.2) is 16.8 Å². The standard InChI is InChI=1S/C12H8NO6S2/c14-20(15)13-21(16,17)19-12-8-4-2-6-10(12)9-5-1-3-7-11(9)18-20/h1-8H/q-1. The maximum atomic E-state index is 11.7. The van der Waals surface area contributed by atoms with Gasteiger partial charge in [-0.1, -0.05) is 36.4 Å². The van der Waals surface area contributed by atoms with E-state index in [1.54, 1.807) is 36.4 Å². The SMILES string of the molecule is O=S1(=O)[N-]S(=O)(=O)Oc2ccccc2-c2ccccc2O1. The van der Waals surface area contributed by atoms with Crippen molar-refractivity contribution in [3.63, 3.8) is 0 Å². The van der Waals surface area contributed by atoms with E-state index < -0.39 is 20.6 Å². The molecule has 1 aliphatic heterocycles. The summed E-state index contributed by atoms with van der Waals surface area (Å²) in [6, 6.07) is 12.4. The second kappa shape index (κ2) is 4.72. The first kappa shape index (κ1) is 13.9. The number of hydrogen-bond donors (Lipinski definition) is 0. The van der Waals surface area contributed by atoms with Gasteiger partial charge in [0.05, 0.1) is 0 Å². The lowest BCUT2D eigenvalue weighted by Gasteiger charge is -2.18. The highest BCUT2D eigenvalue weighted by atomic mass is 32.3. The minimum atomic E-state index is -4.69. The number of hydrogen-bond acceptors (Lipinski definition) is 6. The van der Waals surface area contributed by atoms with Gasteiger partial charge in [0.25, 0.3) is 0 Å². The lowest BCUT2D eigenvalue weighted by atomic mass is 10.0. The second-order valence-corrected chi connectivity index (χ2v) is 6.73. The van der Waals surface area contributed by atoms with E-state index in [1.807, 2.05) is 0 Å². The molecule has 0 aromatic heterocycles. The lowest BCUT2D eigenvalue weighted by molar-refractivity contribution is 0.487. The average molecular weight is 326 g/mol. The van der Waals surface area contributed by atoms with Gasteiger partial charge >= 0.3 is 0 Å². The Bertz CT molecular complexity index is 829. The summed E-state index contributed by atoms with van der Waals surface area (Å²) in [5.74, 6) is -0.0659. The Morgan fingerprint density at radius 3 is 1.48 bits per heavy atom. The van der Waals surface area contributed by atoms with Gasteiger partial charge in [-0.25, -0.2) is 16.8 Å². The minimum Gasteiger partial charge on any atom is -0.394 e. The lowest BCUT2D eigenvalue weighted by Crippen LogP contribution is -2.15. The van der Waals surface area contributed by atoms with E-state index in [4.69, 9.17) is 8.37 Å². The Kier molecular flexibility index (Phi) is 3.12. The maximum Gasteiger partial charge on any atom is 0.247 e. The molecule has 0 unspecified atom stereocenters. The Hall–Kier alpha value is -2.10. The molecule has 0 radical (unpaired) electrons. The van der Waals surface area contributed by atoms with Gasteiger partial charge in [-0.15, -0.1) is 0 Å². The molecule has 0 saturated heterocycles. The van der Waals surface area contributed by atoms with Gasteiger partial charge in [0.1, 0.15) is 11.5 Å². The summed E-state index contributed by atoms with van der Waals surface area (Å²) >= 11 is 0. The molecule has 21 heavy (non-hydrogen) atoms. The van der Waals surface area contributed by atoms with E-state index in [2.05, 4.69) is 4.13 Å². The van der Waals surface area contributed by atoms with Crippen LogP contribution in [0.3, 0.4) is 0 Å². The molecule has 0 N–H and O–H groups in total. The first-order valence-electron chi connectivity index (χ1n) is 5.68. The molecule has 3 rings (SSSR count). The van der Waals surface area contributed by atoms with Crippen molar-refractivity contribution in [3.8, 4) is 22.6 Å². The van der Waals surface area contributed by atoms with Crippen LogP contribution in [0.1, 0.15) is 0 Å². The van der Waals surface area contributed by atoms with Gasteiger partial charge in [-0.3, -0.25) is 0 Å². The molecule has 0 spiro atoms. The van der Waals surface area contributed by atoms with Gasteiger partial charge in [0.2, 0.25) is 20.6 Å². The molecule has 0 saturated carbocycles. The van der Waals surface area contributed by atoms with Crippen LogP contribution in [0.2, 0.25) is 0 Å². The Morgan fingerprint density at radius 1 is 0.667 bits per heavy atom. The Morgan fingerprint density at radius 2 is 1.05 bits per heavy atom. The topological polar surface area (TPSA) is 101 Å². The number of benzene rings is 2. The third-order valence-electron chi connectivity index (χ3n) is 2.64. The highest BCUT2D eigenvalue weighted by Gasteiger charge is 2.20. The van der Waals surface area contributed by atoms with Gasteiger partial charge in [0.15, 0.2) is 0 Å². The summed E-state index contributed by atoms with van der Waals surface area (Å²) in [7, 11) is -9.39. The average Bonchev–Trinajstić information content (AvgIpc) is 2.40. The molecule has 0 atom stereocenters. The van der Waals surface area contributed by atoms with E-state index in [0.717, 1.165) is 0 Å². The number of para-hydroxylation sites is 2. The second-order valence-electron chi connectivity index (χ2n) is 4.09. The molecule has 0 amide bonds. The van der Waals surface area contributed by atoms with Gasteiger partial charge in [0, 0.05) is 11.1 Å². The zero-order chi connectivity index (χ0) is 15.1. The molecule has 0 bridgehead atoms. The summed E-state index contributed by atoms with van der Waals surface area (Å²) in [6.45, 7) is 0.